The van der Waals surface area contributed by atoms with Crippen molar-refractivity contribution in [3.05, 3.63) is 66.2 Å². The molecule has 0 radical (unpaired) electrons. The first kappa shape index (κ1) is 15.6. The van der Waals surface area contributed by atoms with Gasteiger partial charge in [-0.1, -0.05) is 48.5 Å². The second-order valence-corrected chi connectivity index (χ2v) is 5.79. The van der Waals surface area contributed by atoms with Crippen LogP contribution < -0.4 is 15.4 Å². The lowest BCUT2D eigenvalue weighted by molar-refractivity contribution is -0.125. The fraction of sp³-hybridized carbons (Fsp3) is 0.316. The van der Waals surface area contributed by atoms with Gasteiger partial charge in [-0.05, 0) is 30.7 Å². The van der Waals surface area contributed by atoms with E-state index in [9.17, 15) is 4.79 Å². The van der Waals surface area contributed by atoms with Gasteiger partial charge in [0.25, 0.3) is 0 Å². The Morgan fingerprint density at radius 1 is 1.13 bits per heavy atom. The van der Waals surface area contributed by atoms with Crippen LogP contribution in [-0.4, -0.2) is 25.6 Å². The number of hydrogen-bond acceptors (Lipinski definition) is 3. The molecule has 1 saturated heterocycles. The molecule has 1 aliphatic heterocycles. The molecule has 3 rings (SSSR count). The van der Waals surface area contributed by atoms with Gasteiger partial charge in [0.15, 0.2) is 0 Å². The number of para-hydroxylation sites is 1. The van der Waals surface area contributed by atoms with Crippen LogP contribution in [0.2, 0.25) is 0 Å². The van der Waals surface area contributed by atoms with Gasteiger partial charge < -0.3 is 15.4 Å². The normalized spacial score (nSPS) is 18.3. The van der Waals surface area contributed by atoms with Crippen molar-refractivity contribution < 1.29 is 9.53 Å². The van der Waals surface area contributed by atoms with E-state index in [0.717, 1.165) is 30.8 Å². The second kappa shape index (κ2) is 7.79. The van der Waals surface area contributed by atoms with E-state index in [1.807, 2.05) is 60.7 Å². The van der Waals surface area contributed by atoms with Crippen molar-refractivity contribution >= 4 is 5.91 Å². The Kier molecular flexibility index (Phi) is 5.27. The van der Waals surface area contributed by atoms with Gasteiger partial charge in [0, 0.05) is 6.54 Å². The molecule has 4 nitrogen and oxygen atoms in total. The summed E-state index contributed by atoms with van der Waals surface area (Å²) in [6, 6.07) is 19.5. The van der Waals surface area contributed by atoms with E-state index in [1.54, 1.807) is 0 Å². The number of nitrogens with one attached hydrogen (secondary N) is 2. The summed E-state index contributed by atoms with van der Waals surface area (Å²) in [7, 11) is 0. The summed E-state index contributed by atoms with van der Waals surface area (Å²) in [4.78, 5) is 12.4. The van der Waals surface area contributed by atoms with Crippen molar-refractivity contribution in [2.24, 2.45) is 5.92 Å². The first-order valence-corrected chi connectivity index (χ1v) is 8.07. The van der Waals surface area contributed by atoms with Crippen LogP contribution in [0, 0.1) is 5.92 Å². The minimum absolute atomic E-state index is 0.0536. The fourth-order valence-electron chi connectivity index (χ4n) is 2.77. The van der Waals surface area contributed by atoms with Gasteiger partial charge in [-0.25, -0.2) is 0 Å². The number of carbonyl (C=O) groups is 1. The van der Waals surface area contributed by atoms with Crippen LogP contribution in [-0.2, 0) is 4.79 Å². The minimum atomic E-state index is -0.149. The van der Waals surface area contributed by atoms with Crippen LogP contribution >= 0.6 is 0 Å². The molecule has 1 aliphatic rings. The van der Waals surface area contributed by atoms with Crippen LogP contribution in [0.15, 0.2) is 60.7 Å². The van der Waals surface area contributed by atoms with E-state index in [0.29, 0.717) is 6.61 Å². The van der Waals surface area contributed by atoms with Crippen molar-refractivity contribution in [2.45, 2.75) is 12.5 Å². The van der Waals surface area contributed by atoms with Crippen LogP contribution in [0.1, 0.15) is 18.0 Å². The summed E-state index contributed by atoms with van der Waals surface area (Å²) in [6.07, 6.45) is 0.896. The van der Waals surface area contributed by atoms with Gasteiger partial charge in [-0.2, -0.15) is 0 Å². The molecule has 2 aromatic rings. The molecule has 0 aliphatic carbocycles. The Morgan fingerprint density at radius 3 is 2.48 bits per heavy atom. The lowest BCUT2D eigenvalue weighted by Gasteiger charge is -2.21. The molecule has 2 atom stereocenters. The highest BCUT2D eigenvalue weighted by molar-refractivity contribution is 5.79. The van der Waals surface area contributed by atoms with Crippen LogP contribution in [0.4, 0.5) is 0 Å². The average molecular weight is 310 g/mol. The Labute approximate surface area is 136 Å². The molecule has 0 aromatic heterocycles. The molecule has 2 aromatic carbocycles. The molecule has 1 fully saturated rings. The van der Waals surface area contributed by atoms with E-state index in [1.165, 1.54) is 0 Å². The number of hydrogen-bond donors (Lipinski definition) is 2. The zero-order valence-corrected chi connectivity index (χ0v) is 13.1. The average Bonchev–Trinajstić information content (AvgIpc) is 3.15. The largest absolute Gasteiger partial charge is 0.491 e. The van der Waals surface area contributed by atoms with Crippen molar-refractivity contribution in [1.29, 1.82) is 0 Å². The van der Waals surface area contributed by atoms with Crippen LogP contribution in [0.5, 0.6) is 5.75 Å². The van der Waals surface area contributed by atoms with Gasteiger partial charge in [0.05, 0.1) is 12.0 Å². The molecule has 0 spiro atoms. The summed E-state index contributed by atoms with van der Waals surface area (Å²) in [5.41, 5.74) is 1.06. The molecular formula is C19H22N2O2. The van der Waals surface area contributed by atoms with Gasteiger partial charge in [0.2, 0.25) is 5.91 Å². The quantitative estimate of drug-likeness (QED) is 0.862. The maximum absolute atomic E-state index is 12.4. The third kappa shape index (κ3) is 4.33. The predicted molar refractivity (Wildman–Crippen MR) is 90.2 cm³/mol. The summed E-state index contributed by atoms with van der Waals surface area (Å²) in [5.74, 6) is 0.962. The highest BCUT2D eigenvalue weighted by Gasteiger charge is 2.25. The van der Waals surface area contributed by atoms with Gasteiger partial charge in [0.1, 0.15) is 12.4 Å². The molecule has 2 N–H and O–H groups in total. The van der Waals surface area contributed by atoms with E-state index in [2.05, 4.69) is 10.6 Å². The van der Waals surface area contributed by atoms with Gasteiger partial charge >= 0.3 is 0 Å². The molecule has 23 heavy (non-hydrogen) atoms. The van der Waals surface area contributed by atoms with Crippen LogP contribution in [0.3, 0.4) is 0 Å². The van der Waals surface area contributed by atoms with Gasteiger partial charge in [-0.15, -0.1) is 0 Å². The summed E-state index contributed by atoms with van der Waals surface area (Å²) >= 11 is 0. The van der Waals surface area contributed by atoms with Crippen molar-refractivity contribution in [3.63, 3.8) is 0 Å². The van der Waals surface area contributed by atoms with Crippen molar-refractivity contribution in [1.82, 2.24) is 10.6 Å². The number of benzene rings is 2. The Hall–Kier alpha value is -2.33. The third-order valence-corrected chi connectivity index (χ3v) is 4.11. The topological polar surface area (TPSA) is 50.4 Å². The second-order valence-electron chi connectivity index (χ2n) is 5.79. The van der Waals surface area contributed by atoms with Crippen molar-refractivity contribution in [2.75, 3.05) is 19.7 Å². The predicted octanol–water partition coefficient (Wildman–Crippen LogP) is 2.53. The zero-order valence-electron chi connectivity index (χ0n) is 13.1. The van der Waals surface area contributed by atoms with Crippen molar-refractivity contribution in [3.8, 4) is 5.75 Å². The molecule has 4 heteroatoms. The third-order valence-electron chi connectivity index (χ3n) is 4.11. The molecule has 0 bridgehead atoms. The van der Waals surface area contributed by atoms with E-state index >= 15 is 0 Å². The number of ether oxygens (including phenoxy) is 1. The van der Waals surface area contributed by atoms with E-state index in [4.69, 9.17) is 4.74 Å². The molecular weight excluding hydrogens is 288 g/mol. The number of amides is 1. The SMILES string of the molecule is O=C(NC(COc1ccccc1)c1ccccc1)C1CCNC1. The maximum atomic E-state index is 12.4. The first-order valence-electron chi connectivity index (χ1n) is 8.07. The Balaban J connectivity index is 1.67. The molecule has 1 heterocycles. The highest BCUT2D eigenvalue weighted by atomic mass is 16.5. The molecule has 120 valence electrons. The molecule has 0 saturated carbocycles. The summed E-state index contributed by atoms with van der Waals surface area (Å²) in [5, 5.41) is 6.37. The Bertz CT molecular complexity index is 610. The lowest BCUT2D eigenvalue weighted by Crippen LogP contribution is -2.37. The van der Waals surface area contributed by atoms with Crippen LogP contribution in [0.25, 0.3) is 0 Å². The summed E-state index contributed by atoms with van der Waals surface area (Å²) < 4.78 is 5.86. The number of carbonyl (C=O) groups excluding carboxylic acids is 1. The maximum Gasteiger partial charge on any atom is 0.225 e. The standard InChI is InChI=1S/C19H22N2O2/c22-19(16-11-12-20-13-16)21-18(15-7-3-1-4-8-15)14-23-17-9-5-2-6-10-17/h1-10,16,18,20H,11-14H2,(H,21,22). The first-order chi connectivity index (χ1) is 11.3. The van der Waals surface area contributed by atoms with Gasteiger partial charge in [-0.3, -0.25) is 4.79 Å². The number of rotatable bonds is 6. The smallest absolute Gasteiger partial charge is 0.225 e. The zero-order chi connectivity index (χ0) is 15.9. The highest BCUT2D eigenvalue weighted by Crippen LogP contribution is 2.18. The molecule has 2 unspecified atom stereocenters. The van der Waals surface area contributed by atoms with E-state index < -0.39 is 0 Å². The Morgan fingerprint density at radius 2 is 1.83 bits per heavy atom. The molecule has 1 amide bonds. The van der Waals surface area contributed by atoms with E-state index in [-0.39, 0.29) is 17.9 Å². The summed E-state index contributed by atoms with van der Waals surface area (Å²) in [6.45, 7) is 2.08. The lowest BCUT2D eigenvalue weighted by atomic mass is 10.0. The minimum Gasteiger partial charge on any atom is -0.491 e. The fourth-order valence-corrected chi connectivity index (χ4v) is 2.77. The monoisotopic (exact) mass is 310 g/mol.